The highest BCUT2D eigenvalue weighted by Crippen LogP contribution is 2.22. The predicted octanol–water partition coefficient (Wildman–Crippen LogP) is 5.64. The van der Waals surface area contributed by atoms with E-state index < -0.39 is 0 Å². The van der Waals surface area contributed by atoms with E-state index >= 15 is 0 Å². The summed E-state index contributed by atoms with van der Waals surface area (Å²) >= 11 is 0. The maximum Gasteiger partial charge on any atom is 0.122 e. The minimum Gasteiger partial charge on any atom is -0.493 e. The van der Waals surface area contributed by atoms with E-state index in [0.717, 1.165) is 38.2 Å². The lowest BCUT2D eigenvalue weighted by atomic mass is 9.95. The normalized spacial score (nSPS) is 13.1. The molecule has 0 aliphatic heterocycles. The highest BCUT2D eigenvalue weighted by Gasteiger charge is 2.17. The molecule has 0 bridgehead atoms. The largest absolute Gasteiger partial charge is 0.493 e. The molecular formula is C20H34O2. The maximum absolute atomic E-state index is 5.96. The van der Waals surface area contributed by atoms with E-state index in [2.05, 4.69) is 52.8 Å². The molecule has 0 saturated heterocycles. The van der Waals surface area contributed by atoms with Gasteiger partial charge in [0.1, 0.15) is 5.75 Å². The summed E-state index contributed by atoms with van der Waals surface area (Å²) in [5, 5.41) is 0. The second-order valence-electron chi connectivity index (χ2n) is 6.79. The van der Waals surface area contributed by atoms with E-state index in [9.17, 15) is 0 Å². The smallest absolute Gasteiger partial charge is 0.122 e. The van der Waals surface area contributed by atoms with Gasteiger partial charge in [-0.25, -0.2) is 0 Å². The quantitative estimate of drug-likeness (QED) is 0.527. The fourth-order valence-corrected chi connectivity index (χ4v) is 2.79. The molecule has 1 aromatic rings. The van der Waals surface area contributed by atoms with Gasteiger partial charge >= 0.3 is 0 Å². The van der Waals surface area contributed by atoms with Gasteiger partial charge in [0.25, 0.3) is 0 Å². The molecule has 0 fully saturated rings. The molecular weight excluding hydrogens is 272 g/mol. The van der Waals surface area contributed by atoms with Gasteiger partial charge in [0.05, 0.1) is 12.2 Å². The summed E-state index contributed by atoms with van der Waals surface area (Å²) in [5.41, 5.74) is 1.32. The zero-order chi connectivity index (χ0) is 16.4. The first-order chi connectivity index (χ1) is 10.5. The van der Waals surface area contributed by atoms with E-state index in [1.165, 1.54) is 18.4 Å². The molecule has 0 heterocycles. The van der Waals surface area contributed by atoms with Crippen molar-refractivity contribution in [3.63, 3.8) is 0 Å². The van der Waals surface area contributed by atoms with Crippen LogP contribution in [0.3, 0.4) is 0 Å². The van der Waals surface area contributed by atoms with E-state index in [1.807, 2.05) is 6.07 Å². The van der Waals surface area contributed by atoms with Gasteiger partial charge in [0, 0.05) is 6.61 Å². The predicted molar refractivity (Wildman–Crippen MR) is 94.7 cm³/mol. The molecule has 22 heavy (non-hydrogen) atoms. The Balaban J connectivity index is 2.22. The van der Waals surface area contributed by atoms with Crippen molar-refractivity contribution in [2.45, 2.75) is 72.3 Å². The molecule has 1 atom stereocenters. The Labute approximate surface area is 137 Å². The number of ether oxygens (including phenoxy) is 2. The van der Waals surface area contributed by atoms with Crippen LogP contribution in [0.1, 0.15) is 65.9 Å². The first kappa shape index (κ1) is 19.0. The van der Waals surface area contributed by atoms with Gasteiger partial charge in [-0.15, -0.1) is 0 Å². The van der Waals surface area contributed by atoms with Crippen LogP contribution in [-0.4, -0.2) is 18.8 Å². The van der Waals surface area contributed by atoms with Crippen molar-refractivity contribution in [3.8, 4) is 5.75 Å². The molecule has 2 heteroatoms. The van der Waals surface area contributed by atoms with Crippen LogP contribution in [0.5, 0.6) is 5.75 Å². The molecule has 1 aromatic carbocycles. The second kappa shape index (κ2) is 9.89. The number of rotatable bonds is 11. The lowest BCUT2D eigenvalue weighted by Crippen LogP contribution is -2.24. The summed E-state index contributed by atoms with van der Waals surface area (Å²) in [6.45, 7) is 12.5. The lowest BCUT2D eigenvalue weighted by Gasteiger charge is -2.25. The van der Waals surface area contributed by atoms with Crippen LogP contribution in [-0.2, 0) is 11.2 Å². The Morgan fingerprint density at radius 3 is 2.50 bits per heavy atom. The minimum absolute atomic E-state index is 0.0189. The molecule has 1 unspecified atom stereocenters. The topological polar surface area (TPSA) is 18.5 Å². The molecule has 0 aromatic heterocycles. The molecule has 0 saturated carbocycles. The zero-order valence-electron chi connectivity index (χ0n) is 15.2. The van der Waals surface area contributed by atoms with Crippen molar-refractivity contribution in [1.29, 1.82) is 0 Å². The van der Waals surface area contributed by atoms with Crippen LogP contribution in [0.15, 0.2) is 24.3 Å². The average Bonchev–Trinajstić information content (AvgIpc) is 2.47. The Bertz CT molecular complexity index is 412. The third-order valence-electron chi connectivity index (χ3n) is 4.23. The first-order valence-electron chi connectivity index (χ1n) is 8.83. The Kier molecular flexibility index (Phi) is 8.55. The van der Waals surface area contributed by atoms with Crippen LogP contribution >= 0.6 is 0 Å². The van der Waals surface area contributed by atoms with Gasteiger partial charge in [-0.1, -0.05) is 44.9 Å². The highest BCUT2D eigenvalue weighted by molar-refractivity contribution is 5.33. The standard InChI is InChI=1S/C20H34O2/c1-6-18-12-8-9-13-19(18)21-16-14-17(3)11-10-15-20(4,5)22-7-2/h8-9,12-13,17H,6-7,10-11,14-16H2,1-5H3. The van der Waals surface area contributed by atoms with E-state index in [-0.39, 0.29) is 5.60 Å². The van der Waals surface area contributed by atoms with Gasteiger partial charge in [-0.05, 0) is 57.6 Å². The summed E-state index contributed by atoms with van der Waals surface area (Å²) in [6.07, 6.45) is 5.74. The maximum atomic E-state index is 5.96. The van der Waals surface area contributed by atoms with Crippen LogP contribution in [0.2, 0.25) is 0 Å². The van der Waals surface area contributed by atoms with Crippen molar-refractivity contribution in [2.75, 3.05) is 13.2 Å². The third kappa shape index (κ3) is 7.31. The Morgan fingerprint density at radius 1 is 1.09 bits per heavy atom. The summed E-state index contributed by atoms with van der Waals surface area (Å²) in [4.78, 5) is 0. The average molecular weight is 306 g/mol. The van der Waals surface area contributed by atoms with Gasteiger partial charge < -0.3 is 9.47 Å². The summed E-state index contributed by atoms with van der Waals surface area (Å²) < 4.78 is 11.7. The van der Waals surface area contributed by atoms with Gasteiger partial charge in [0.2, 0.25) is 0 Å². The first-order valence-corrected chi connectivity index (χ1v) is 8.83. The molecule has 0 aliphatic carbocycles. The molecule has 1 rings (SSSR count). The van der Waals surface area contributed by atoms with Gasteiger partial charge in [-0.3, -0.25) is 0 Å². The Hall–Kier alpha value is -1.02. The lowest BCUT2D eigenvalue weighted by molar-refractivity contribution is -0.0183. The van der Waals surface area contributed by atoms with Crippen molar-refractivity contribution >= 4 is 0 Å². The van der Waals surface area contributed by atoms with Crippen molar-refractivity contribution in [3.05, 3.63) is 29.8 Å². The minimum atomic E-state index is 0.0189. The van der Waals surface area contributed by atoms with E-state index in [4.69, 9.17) is 9.47 Å². The van der Waals surface area contributed by atoms with Crippen LogP contribution in [0.4, 0.5) is 0 Å². The molecule has 0 spiro atoms. The number of hydrogen-bond acceptors (Lipinski definition) is 2. The SMILES string of the molecule is CCOC(C)(C)CCCC(C)CCOc1ccccc1CC. The van der Waals surface area contributed by atoms with Crippen molar-refractivity contribution < 1.29 is 9.47 Å². The summed E-state index contributed by atoms with van der Waals surface area (Å²) in [7, 11) is 0. The van der Waals surface area contributed by atoms with E-state index in [1.54, 1.807) is 0 Å². The third-order valence-corrected chi connectivity index (χ3v) is 4.23. The number of hydrogen-bond donors (Lipinski definition) is 0. The van der Waals surface area contributed by atoms with Crippen LogP contribution in [0.25, 0.3) is 0 Å². The fourth-order valence-electron chi connectivity index (χ4n) is 2.79. The molecule has 126 valence electrons. The Morgan fingerprint density at radius 2 is 1.82 bits per heavy atom. The van der Waals surface area contributed by atoms with Gasteiger partial charge in [-0.2, -0.15) is 0 Å². The molecule has 0 radical (unpaired) electrons. The van der Waals surface area contributed by atoms with Crippen LogP contribution in [0, 0.1) is 5.92 Å². The number of para-hydroxylation sites is 1. The summed E-state index contributed by atoms with van der Waals surface area (Å²) in [6, 6.07) is 8.35. The van der Waals surface area contributed by atoms with Crippen molar-refractivity contribution in [1.82, 2.24) is 0 Å². The zero-order valence-corrected chi connectivity index (χ0v) is 15.2. The number of benzene rings is 1. The molecule has 0 amide bonds. The summed E-state index contributed by atoms with van der Waals surface area (Å²) in [5.74, 6) is 1.75. The molecule has 0 aliphatic rings. The van der Waals surface area contributed by atoms with Crippen LogP contribution < -0.4 is 4.74 Å². The molecule has 0 N–H and O–H groups in total. The number of aryl methyl sites for hydroxylation is 1. The fraction of sp³-hybridized carbons (Fsp3) is 0.700. The second-order valence-corrected chi connectivity index (χ2v) is 6.79. The van der Waals surface area contributed by atoms with E-state index in [0.29, 0.717) is 5.92 Å². The highest BCUT2D eigenvalue weighted by atomic mass is 16.5. The van der Waals surface area contributed by atoms with Gasteiger partial charge in [0.15, 0.2) is 0 Å². The molecule has 2 nitrogen and oxygen atoms in total. The van der Waals surface area contributed by atoms with Crippen molar-refractivity contribution in [2.24, 2.45) is 5.92 Å². The monoisotopic (exact) mass is 306 g/mol.